The summed E-state index contributed by atoms with van der Waals surface area (Å²) < 4.78 is 16.9. The molecule has 0 unspecified atom stereocenters. The van der Waals surface area contributed by atoms with Crippen LogP contribution in [0, 0.1) is 0 Å². The van der Waals surface area contributed by atoms with Gasteiger partial charge in [-0.3, -0.25) is 4.98 Å². The third kappa shape index (κ3) is 4.72. The average molecular weight is 384 g/mol. The Balaban J connectivity index is 1.33. The molecule has 0 saturated carbocycles. The van der Waals surface area contributed by atoms with Crippen molar-refractivity contribution in [1.29, 1.82) is 0 Å². The summed E-state index contributed by atoms with van der Waals surface area (Å²) in [6.07, 6.45) is 6.84. The number of piperidine rings is 1. The van der Waals surface area contributed by atoms with Crippen LogP contribution in [0.3, 0.4) is 0 Å². The molecule has 7 nitrogen and oxygen atoms in total. The number of nitrogens with zero attached hydrogens (tertiary/aromatic N) is 3. The monoisotopic (exact) mass is 384 g/mol. The van der Waals surface area contributed by atoms with Gasteiger partial charge in [0.25, 0.3) is 5.88 Å². The first-order chi connectivity index (χ1) is 13.8. The van der Waals surface area contributed by atoms with Crippen LogP contribution in [0.2, 0.25) is 0 Å². The highest BCUT2D eigenvalue weighted by atomic mass is 16.6. The first kappa shape index (κ1) is 19.0. The Hall–Kier alpha value is -2.38. The number of nitrogens with one attached hydrogen (secondary N) is 1. The fourth-order valence-electron chi connectivity index (χ4n) is 3.68. The van der Waals surface area contributed by atoms with Gasteiger partial charge >= 0.3 is 0 Å². The smallest absolute Gasteiger partial charge is 0.259 e. The first-order valence-corrected chi connectivity index (χ1v) is 9.98. The van der Waals surface area contributed by atoms with Crippen molar-refractivity contribution in [2.24, 2.45) is 0 Å². The van der Waals surface area contributed by atoms with Gasteiger partial charge in [-0.2, -0.15) is 4.98 Å². The van der Waals surface area contributed by atoms with Crippen molar-refractivity contribution in [2.45, 2.75) is 38.0 Å². The van der Waals surface area contributed by atoms with Crippen molar-refractivity contribution < 1.29 is 14.2 Å². The number of methoxy groups -OCH3 is 1. The van der Waals surface area contributed by atoms with Crippen LogP contribution < -0.4 is 19.7 Å². The Morgan fingerprint density at radius 3 is 2.82 bits per heavy atom. The average Bonchev–Trinajstić information content (AvgIpc) is 3.26. The van der Waals surface area contributed by atoms with E-state index in [4.69, 9.17) is 19.2 Å². The quantitative estimate of drug-likeness (QED) is 0.786. The molecule has 2 saturated heterocycles. The van der Waals surface area contributed by atoms with E-state index in [0.29, 0.717) is 24.3 Å². The second-order valence-electron chi connectivity index (χ2n) is 7.28. The predicted molar refractivity (Wildman–Crippen MR) is 107 cm³/mol. The van der Waals surface area contributed by atoms with Crippen LogP contribution in [0.4, 0.5) is 5.82 Å². The van der Waals surface area contributed by atoms with Gasteiger partial charge in [0.05, 0.1) is 20.3 Å². The number of hydrogen-bond acceptors (Lipinski definition) is 7. The molecule has 0 aromatic carbocycles. The van der Waals surface area contributed by atoms with E-state index >= 15 is 0 Å². The van der Waals surface area contributed by atoms with E-state index in [1.807, 2.05) is 30.6 Å². The predicted octanol–water partition coefficient (Wildman–Crippen LogP) is 2.41. The lowest BCUT2D eigenvalue weighted by molar-refractivity contribution is 0.135. The van der Waals surface area contributed by atoms with Crippen LogP contribution in [0.25, 0.3) is 0 Å². The van der Waals surface area contributed by atoms with Gasteiger partial charge in [-0.1, -0.05) is 6.07 Å². The van der Waals surface area contributed by atoms with Gasteiger partial charge in [-0.25, -0.2) is 0 Å². The van der Waals surface area contributed by atoms with Crippen LogP contribution in [0.5, 0.6) is 11.6 Å². The molecule has 1 atom stereocenters. The summed E-state index contributed by atoms with van der Waals surface area (Å²) in [6, 6.07) is 8.56. The van der Waals surface area contributed by atoms with Gasteiger partial charge in [-0.15, -0.1) is 0 Å². The lowest BCUT2D eigenvalue weighted by Gasteiger charge is -2.33. The van der Waals surface area contributed by atoms with Gasteiger partial charge in [0.1, 0.15) is 11.9 Å². The van der Waals surface area contributed by atoms with Gasteiger partial charge in [0, 0.05) is 44.5 Å². The molecule has 2 aliphatic rings. The highest BCUT2D eigenvalue weighted by Crippen LogP contribution is 2.30. The second-order valence-corrected chi connectivity index (χ2v) is 7.28. The molecule has 4 heterocycles. The number of ether oxygens (including phenoxy) is 3. The van der Waals surface area contributed by atoms with Crippen LogP contribution in [-0.2, 0) is 11.3 Å². The molecule has 2 aromatic rings. The largest absolute Gasteiger partial charge is 0.491 e. The fourth-order valence-corrected chi connectivity index (χ4v) is 3.68. The van der Waals surface area contributed by atoms with E-state index in [1.165, 1.54) is 5.56 Å². The summed E-state index contributed by atoms with van der Waals surface area (Å²) in [5.41, 5.74) is 1.22. The Morgan fingerprint density at radius 1 is 1.21 bits per heavy atom. The highest BCUT2D eigenvalue weighted by Gasteiger charge is 2.23. The van der Waals surface area contributed by atoms with E-state index in [1.54, 1.807) is 7.11 Å². The highest BCUT2D eigenvalue weighted by molar-refractivity contribution is 5.47. The topological polar surface area (TPSA) is 68.7 Å². The maximum atomic E-state index is 6.03. The number of aromatic nitrogens is 2. The molecule has 150 valence electrons. The van der Waals surface area contributed by atoms with Crippen molar-refractivity contribution in [2.75, 3.05) is 38.3 Å². The number of pyridine rings is 2. The third-order valence-electron chi connectivity index (χ3n) is 5.33. The van der Waals surface area contributed by atoms with Gasteiger partial charge < -0.3 is 24.4 Å². The van der Waals surface area contributed by atoms with Gasteiger partial charge in [-0.05, 0) is 36.6 Å². The fraction of sp³-hybridized carbons (Fsp3) is 0.524. The van der Waals surface area contributed by atoms with Crippen molar-refractivity contribution in [3.63, 3.8) is 0 Å². The number of anilines is 1. The molecule has 1 N–H and O–H groups in total. The molecule has 0 amide bonds. The van der Waals surface area contributed by atoms with Crippen molar-refractivity contribution in [3.8, 4) is 11.6 Å². The molecule has 0 bridgehead atoms. The van der Waals surface area contributed by atoms with E-state index in [-0.39, 0.29) is 6.10 Å². The zero-order valence-corrected chi connectivity index (χ0v) is 16.3. The first-order valence-electron chi connectivity index (χ1n) is 9.98. The maximum Gasteiger partial charge on any atom is 0.259 e. The number of rotatable bonds is 7. The van der Waals surface area contributed by atoms with Gasteiger partial charge in [0.15, 0.2) is 5.75 Å². The summed E-state index contributed by atoms with van der Waals surface area (Å²) in [6.45, 7) is 4.15. The summed E-state index contributed by atoms with van der Waals surface area (Å²) in [7, 11) is 1.65. The Bertz CT molecular complexity index is 745. The standard InChI is InChI=1S/C21H28N4O3/c1-26-19-4-5-20(24-21(19)28-18-8-12-27-15-18)25-10-6-17(7-11-25)23-14-16-3-2-9-22-13-16/h2-5,9,13,17-18,23H,6-8,10-12,14-15H2,1H3/t18-/m1/s1. The minimum absolute atomic E-state index is 0.0547. The lowest BCUT2D eigenvalue weighted by Crippen LogP contribution is -2.42. The molecule has 4 rings (SSSR count). The zero-order chi connectivity index (χ0) is 19.2. The van der Waals surface area contributed by atoms with Crippen molar-refractivity contribution >= 4 is 5.82 Å². The minimum Gasteiger partial charge on any atom is -0.491 e. The van der Waals surface area contributed by atoms with Crippen LogP contribution in [-0.4, -0.2) is 55.5 Å². The molecule has 2 aromatic heterocycles. The summed E-state index contributed by atoms with van der Waals surface area (Å²) >= 11 is 0. The summed E-state index contributed by atoms with van der Waals surface area (Å²) in [5.74, 6) is 2.18. The van der Waals surface area contributed by atoms with Crippen molar-refractivity contribution in [1.82, 2.24) is 15.3 Å². The molecule has 2 aliphatic heterocycles. The molecule has 0 spiro atoms. The molecule has 7 heteroatoms. The minimum atomic E-state index is 0.0547. The molecule has 0 radical (unpaired) electrons. The van der Waals surface area contributed by atoms with Crippen LogP contribution in [0.15, 0.2) is 36.7 Å². The van der Waals surface area contributed by atoms with Crippen LogP contribution >= 0.6 is 0 Å². The third-order valence-corrected chi connectivity index (χ3v) is 5.33. The summed E-state index contributed by atoms with van der Waals surface area (Å²) in [5, 5.41) is 3.64. The molecular weight excluding hydrogens is 356 g/mol. The Morgan fingerprint density at radius 2 is 2.11 bits per heavy atom. The lowest BCUT2D eigenvalue weighted by atomic mass is 10.0. The molecular formula is C21H28N4O3. The normalized spacial score (nSPS) is 20.3. The zero-order valence-electron chi connectivity index (χ0n) is 16.3. The van der Waals surface area contributed by atoms with Crippen LogP contribution in [0.1, 0.15) is 24.8 Å². The Kier molecular flexibility index (Phi) is 6.24. The van der Waals surface area contributed by atoms with Gasteiger partial charge in [0.2, 0.25) is 0 Å². The van der Waals surface area contributed by atoms with E-state index in [0.717, 1.165) is 51.3 Å². The summed E-state index contributed by atoms with van der Waals surface area (Å²) in [4.78, 5) is 11.2. The van der Waals surface area contributed by atoms with E-state index in [2.05, 4.69) is 21.3 Å². The number of hydrogen-bond donors (Lipinski definition) is 1. The molecule has 2 fully saturated rings. The SMILES string of the molecule is COc1ccc(N2CCC(NCc3cccnc3)CC2)nc1O[C@@H]1CCOC1. The van der Waals surface area contributed by atoms with Crippen molar-refractivity contribution in [3.05, 3.63) is 42.2 Å². The van der Waals surface area contributed by atoms with E-state index < -0.39 is 0 Å². The molecule has 28 heavy (non-hydrogen) atoms. The van der Waals surface area contributed by atoms with E-state index in [9.17, 15) is 0 Å². The Labute approximate surface area is 166 Å². The maximum absolute atomic E-state index is 6.03. The molecule has 0 aliphatic carbocycles. The second kappa shape index (κ2) is 9.21.